The average molecular weight is 498 g/mol. The van der Waals surface area contributed by atoms with Gasteiger partial charge in [-0.1, -0.05) is 24.3 Å². The van der Waals surface area contributed by atoms with Crippen LogP contribution in [0, 0.1) is 0 Å². The Kier molecular flexibility index (Phi) is 7.45. The van der Waals surface area contributed by atoms with Crippen molar-refractivity contribution in [2.45, 2.75) is 63.2 Å². The average Bonchev–Trinajstić information content (AvgIpc) is 2.72. The smallest absolute Gasteiger partial charge is 0.326 e. The van der Waals surface area contributed by atoms with Crippen molar-refractivity contribution < 1.29 is 26.4 Å². The number of para-hydroxylation sites is 1. The van der Waals surface area contributed by atoms with E-state index in [1.165, 1.54) is 13.0 Å². The van der Waals surface area contributed by atoms with Crippen molar-refractivity contribution in [2.24, 2.45) is 0 Å². The highest BCUT2D eigenvalue weighted by molar-refractivity contribution is 7.89. The van der Waals surface area contributed by atoms with E-state index in [0.717, 1.165) is 12.1 Å². The Morgan fingerprint density at radius 2 is 1.65 bits per heavy atom. The Labute approximate surface area is 198 Å². The van der Waals surface area contributed by atoms with Crippen LogP contribution in [0.2, 0.25) is 0 Å². The van der Waals surface area contributed by atoms with Gasteiger partial charge in [0.05, 0.1) is 10.5 Å². The highest BCUT2D eigenvalue weighted by Gasteiger charge is 2.39. The van der Waals surface area contributed by atoms with Crippen LogP contribution in [0.3, 0.4) is 0 Å². The van der Waals surface area contributed by atoms with Gasteiger partial charge in [0, 0.05) is 42.8 Å². The van der Waals surface area contributed by atoms with Gasteiger partial charge < -0.3 is 5.32 Å². The second-order valence-electron chi connectivity index (χ2n) is 9.49. The molecule has 0 saturated carbocycles. The number of hydrogen-bond acceptors (Lipinski definition) is 4. The van der Waals surface area contributed by atoms with Gasteiger partial charge in [0.15, 0.2) is 0 Å². The number of alkyl halides is 3. The molecule has 0 unspecified atom stereocenters. The van der Waals surface area contributed by atoms with E-state index in [-0.39, 0.29) is 17.0 Å². The molecule has 0 radical (unpaired) electrons. The monoisotopic (exact) mass is 497 g/mol. The fourth-order valence-corrected chi connectivity index (χ4v) is 5.65. The minimum Gasteiger partial charge on any atom is -0.326 e. The number of hydrogen-bond donors (Lipinski definition) is 2. The van der Waals surface area contributed by atoms with Gasteiger partial charge in [-0.3, -0.25) is 9.69 Å². The quantitative estimate of drug-likeness (QED) is 0.618. The highest BCUT2D eigenvalue weighted by Crippen LogP contribution is 2.38. The molecule has 1 heterocycles. The van der Waals surface area contributed by atoms with E-state index >= 15 is 0 Å². The molecule has 34 heavy (non-hydrogen) atoms. The first-order chi connectivity index (χ1) is 15.7. The van der Waals surface area contributed by atoms with Crippen LogP contribution in [-0.4, -0.2) is 43.9 Å². The van der Waals surface area contributed by atoms with Crippen LogP contribution in [0.25, 0.3) is 11.1 Å². The predicted octanol–water partition coefficient (Wildman–Crippen LogP) is 4.87. The van der Waals surface area contributed by atoms with Gasteiger partial charge >= 0.3 is 6.18 Å². The van der Waals surface area contributed by atoms with Gasteiger partial charge in [-0.2, -0.15) is 13.2 Å². The van der Waals surface area contributed by atoms with Gasteiger partial charge in [0.1, 0.15) is 0 Å². The van der Waals surface area contributed by atoms with Crippen molar-refractivity contribution in [1.29, 1.82) is 0 Å². The molecule has 1 aliphatic heterocycles. The zero-order chi connectivity index (χ0) is 25.3. The molecule has 1 fully saturated rings. The Bertz CT molecular complexity index is 1150. The molecule has 3 rings (SSSR count). The summed E-state index contributed by atoms with van der Waals surface area (Å²) in [7, 11) is -4.41. The Balaban J connectivity index is 1.93. The zero-order valence-electron chi connectivity index (χ0n) is 19.7. The van der Waals surface area contributed by atoms with Gasteiger partial charge in [-0.15, -0.1) is 0 Å². The first-order valence-electron chi connectivity index (χ1n) is 11.0. The van der Waals surface area contributed by atoms with Crippen LogP contribution < -0.4 is 10.0 Å². The van der Waals surface area contributed by atoms with E-state index in [9.17, 15) is 26.4 Å². The second-order valence-corrected chi connectivity index (χ2v) is 11.2. The van der Waals surface area contributed by atoms with Gasteiger partial charge in [0.25, 0.3) is 0 Å². The molecule has 1 aliphatic rings. The molecule has 0 atom stereocenters. The van der Waals surface area contributed by atoms with Gasteiger partial charge in [-0.25, -0.2) is 13.1 Å². The number of amides is 1. The minimum atomic E-state index is -4.89. The summed E-state index contributed by atoms with van der Waals surface area (Å²) in [6.07, 6.45) is -3.86. The van der Waals surface area contributed by atoms with Crippen molar-refractivity contribution in [1.82, 2.24) is 9.62 Å². The van der Waals surface area contributed by atoms with Crippen LogP contribution in [0.5, 0.6) is 0 Å². The molecule has 0 bridgehead atoms. The molecule has 186 valence electrons. The maximum Gasteiger partial charge on any atom is 0.417 e. The van der Waals surface area contributed by atoms with Gasteiger partial charge in [-0.05, 0) is 57.4 Å². The number of likely N-dealkylation sites (tertiary alicyclic amines) is 1. The van der Waals surface area contributed by atoms with Crippen molar-refractivity contribution in [2.75, 3.05) is 18.4 Å². The van der Waals surface area contributed by atoms with Crippen LogP contribution >= 0.6 is 0 Å². The molecule has 0 aliphatic carbocycles. The summed E-state index contributed by atoms with van der Waals surface area (Å²) in [5, 5.41) is 2.59. The number of halogens is 3. The highest BCUT2D eigenvalue weighted by atomic mass is 32.2. The number of nitrogens with one attached hydrogen (secondary N) is 2. The molecule has 1 amide bonds. The molecule has 2 aromatic rings. The van der Waals surface area contributed by atoms with E-state index in [1.807, 2.05) is 0 Å². The molecule has 1 saturated heterocycles. The van der Waals surface area contributed by atoms with Crippen LogP contribution in [0.15, 0.2) is 47.4 Å². The van der Waals surface area contributed by atoms with E-state index in [2.05, 4.69) is 35.7 Å². The van der Waals surface area contributed by atoms with Crippen molar-refractivity contribution in [3.8, 4) is 11.1 Å². The van der Waals surface area contributed by atoms with Crippen molar-refractivity contribution in [3.05, 3.63) is 48.0 Å². The summed E-state index contributed by atoms with van der Waals surface area (Å²) >= 11 is 0. The maximum atomic E-state index is 14.0. The third kappa shape index (κ3) is 6.17. The van der Waals surface area contributed by atoms with E-state index < -0.39 is 32.7 Å². The number of carbonyl (C=O) groups excluding carboxylic acids is 1. The number of carbonyl (C=O) groups is 1. The molecule has 2 N–H and O–H groups in total. The predicted molar refractivity (Wildman–Crippen MR) is 126 cm³/mol. The first kappa shape index (κ1) is 26.2. The lowest BCUT2D eigenvalue weighted by atomic mass is 9.99. The zero-order valence-corrected chi connectivity index (χ0v) is 20.5. The van der Waals surface area contributed by atoms with Crippen LogP contribution in [-0.2, 0) is 21.0 Å². The molecule has 10 heteroatoms. The normalized spacial score (nSPS) is 16.4. The maximum absolute atomic E-state index is 14.0. The summed E-state index contributed by atoms with van der Waals surface area (Å²) in [6, 6.07) is 9.09. The minimum absolute atomic E-state index is 0.0589. The Morgan fingerprint density at radius 1 is 1.03 bits per heavy atom. The summed E-state index contributed by atoms with van der Waals surface area (Å²) in [4.78, 5) is 12.9. The first-order valence-corrected chi connectivity index (χ1v) is 12.5. The third-order valence-corrected chi connectivity index (χ3v) is 7.47. The van der Waals surface area contributed by atoms with Crippen LogP contribution in [0.1, 0.15) is 46.1 Å². The van der Waals surface area contributed by atoms with E-state index in [0.29, 0.717) is 37.2 Å². The SMILES string of the molecule is CC(=O)Nc1ccccc1-c1ccc(S(=O)(=O)NC2CCN(C(C)(C)C)CC2)c(C(F)(F)F)c1. The van der Waals surface area contributed by atoms with E-state index in [4.69, 9.17) is 0 Å². The Hall–Kier alpha value is -2.43. The number of piperidine rings is 1. The van der Waals surface area contributed by atoms with Gasteiger partial charge in [0.2, 0.25) is 15.9 Å². The number of anilines is 1. The molecular weight excluding hydrogens is 467 g/mol. The summed E-state index contributed by atoms with van der Waals surface area (Å²) in [5.74, 6) is -0.371. The van der Waals surface area contributed by atoms with Crippen LogP contribution in [0.4, 0.5) is 18.9 Å². The topological polar surface area (TPSA) is 78.5 Å². The Morgan fingerprint density at radius 3 is 2.21 bits per heavy atom. The van der Waals surface area contributed by atoms with Crippen molar-refractivity contribution in [3.63, 3.8) is 0 Å². The third-order valence-electron chi connectivity index (χ3n) is 5.89. The standard InChI is InChI=1S/C24H30F3N3O3S/c1-16(31)28-21-8-6-5-7-19(21)17-9-10-22(20(15-17)24(25,26)27)34(32,33)29-18-11-13-30(14-12-18)23(2,3)4/h5-10,15,18,29H,11-14H2,1-4H3,(H,28,31). The fraction of sp³-hybridized carbons (Fsp3) is 0.458. The summed E-state index contributed by atoms with van der Waals surface area (Å²) in [6.45, 7) is 8.81. The fourth-order valence-electron chi connectivity index (χ4n) is 4.14. The number of benzene rings is 2. The molecule has 0 spiro atoms. The second kappa shape index (κ2) is 9.67. The van der Waals surface area contributed by atoms with Crippen molar-refractivity contribution >= 4 is 21.6 Å². The molecule has 2 aromatic carbocycles. The van der Waals surface area contributed by atoms with E-state index in [1.54, 1.807) is 24.3 Å². The lowest BCUT2D eigenvalue weighted by Gasteiger charge is -2.40. The molecule has 0 aromatic heterocycles. The lowest BCUT2D eigenvalue weighted by molar-refractivity contribution is -0.139. The molecule has 6 nitrogen and oxygen atoms in total. The lowest BCUT2D eigenvalue weighted by Crippen LogP contribution is -2.50. The number of rotatable bonds is 5. The molecular formula is C24H30F3N3O3S. The number of sulfonamides is 1. The summed E-state index contributed by atoms with van der Waals surface area (Å²) in [5.41, 5.74) is -0.468. The summed E-state index contributed by atoms with van der Waals surface area (Å²) < 4.78 is 70.5. The number of nitrogens with zero attached hydrogens (tertiary/aromatic N) is 1. The largest absolute Gasteiger partial charge is 0.417 e.